The number of benzene rings is 2. The maximum absolute atomic E-state index is 13.9. The molecule has 3 aliphatic rings. The summed E-state index contributed by atoms with van der Waals surface area (Å²) < 4.78 is 27.0. The van der Waals surface area contributed by atoms with Gasteiger partial charge in [-0.3, -0.25) is 13.9 Å². The average Bonchev–Trinajstić information content (AvgIpc) is 3.81. The molecule has 2 aliphatic heterocycles. The van der Waals surface area contributed by atoms with Gasteiger partial charge in [-0.2, -0.15) is 12.8 Å². The average molecular weight is 786 g/mol. The van der Waals surface area contributed by atoms with Crippen LogP contribution in [-0.4, -0.2) is 82.1 Å². The minimum atomic E-state index is -3.43. The van der Waals surface area contributed by atoms with E-state index in [0.717, 1.165) is 36.9 Å². The third-order valence-electron chi connectivity index (χ3n) is 8.33. The van der Waals surface area contributed by atoms with Gasteiger partial charge in [-0.25, -0.2) is 8.42 Å². The number of carbonyl (C=O) groups excluding carboxylic acids is 2. The number of rotatable bonds is 10. The van der Waals surface area contributed by atoms with Gasteiger partial charge in [0.15, 0.2) is 0 Å². The molecule has 0 bridgehead atoms. The van der Waals surface area contributed by atoms with Crippen molar-refractivity contribution in [3.63, 3.8) is 0 Å². The van der Waals surface area contributed by atoms with Crippen molar-refractivity contribution in [3.05, 3.63) is 65.5 Å². The predicted octanol–water partition coefficient (Wildman–Crippen LogP) is 4.24. The Kier molecular flexibility index (Phi) is 11.4. The quantitative estimate of drug-likeness (QED) is 0.337. The van der Waals surface area contributed by atoms with E-state index in [-0.39, 0.29) is 38.7 Å². The van der Waals surface area contributed by atoms with Crippen LogP contribution in [0.5, 0.6) is 0 Å². The first kappa shape index (κ1) is 32.8. The van der Waals surface area contributed by atoms with Gasteiger partial charge in [-0.15, -0.1) is 0 Å². The van der Waals surface area contributed by atoms with E-state index >= 15 is 0 Å². The monoisotopic (exact) mass is 786 g/mol. The van der Waals surface area contributed by atoms with Crippen LogP contribution in [0.15, 0.2) is 48.5 Å². The van der Waals surface area contributed by atoms with Crippen molar-refractivity contribution in [2.24, 2.45) is 11.8 Å². The SMILES string of the molecule is CS(=O)(=O)N(CC1CC1)c1ccccc1N1CCN(C(=O)[C@H](CC(=O)N2CC[CH-]CC2)Cc2ccc(Cl)cc2)CC1.[Re]. The van der Waals surface area contributed by atoms with Gasteiger partial charge in [-0.05, 0) is 68.1 Å². The number of carbonyl (C=O) groups is 2. The second-order valence-corrected chi connectivity index (χ2v) is 13.9. The van der Waals surface area contributed by atoms with E-state index in [1.54, 1.807) is 4.31 Å². The number of piperidine rings is 1. The van der Waals surface area contributed by atoms with Crippen LogP contribution >= 0.6 is 11.6 Å². The van der Waals surface area contributed by atoms with Crippen molar-refractivity contribution in [1.82, 2.24) is 9.80 Å². The first-order valence-electron chi connectivity index (χ1n) is 14.6. The second-order valence-electron chi connectivity index (χ2n) is 11.5. The molecule has 1 aliphatic carbocycles. The molecule has 0 N–H and O–H groups in total. The number of para-hydroxylation sites is 2. The number of nitrogens with zero attached hydrogens (tertiary/aromatic N) is 4. The summed E-state index contributed by atoms with van der Waals surface area (Å²) in [6.45, 7) is 4.13. The van der Waals surface area contributed by atoms with Gasteiger partial charge in [0.25, 0.3) is 0 Å². The number of anilines is 2. The van der Waals surface area contributed by atoms with Gasteiger partial charge in [-0.1, -0.05) is 35.9 Å². The van der Waals surface area contributed by atoms with Gasteiger partial charge < -0.3 is 21.1 Å². The van der Waals surface area contributed by atoms with E-state index in [4.69, 9.17) is 11.6 Å². The second kappa shape index (κ2) is 14.6. The Morgan fingerprint density at radius 1 is 0.952 bits per heavy atom. The zero-order chi connectivity index (χ0) is 29.0. The molecule has 0 unspecified atom stereocenters. The predicted molar refractivity (Wildman–Crippen MR) is 164 cm³/mol. The number of piperazine rings is 1. The minimum absolute atomic E-state index is 0. The summed E-state index contributed by atoms with van der Waals surface area (Å²) in [6.07, 6.45) is 8.05. The number of likely N-dealkylation sites (tertiary alicyclic amines) is 1. The number of halogens is 1. The molecule has 5 rings (SSSR count). The van der Waals surface area contributed by atoms with Gasteiger partial charge in [0.1, 0.15) is 0 Å². The summed E-state index contributed by atoms with van der Waals surface area (Å²) in [5.41, 5.74) is 2.56. The number of hydrogen-bond donors (Lipinski definition) is 0. The van der Waals surface area contributed by atoms with Crippen molar-refractivity contribution in [1.29, 1.82) is 0 Å². The van der Waals surface area contributed by atoms with Crippen molar-refractivity contribution in [2.75, 3.05) is 61.3 Å². The first-order valence-corrected chi connectivity index (χ1v) is 16.9. The molecule has 2 amide bonds. The summed E-state index contributed by atoms with van der Waals surface area (Å²) in [5, 5.41) is 0.639. The third-order valence-corrected chi connectivity index (χ3v) is 9.73. The van der Waals surface area contributed by atoms with Crippen LogP contribution in [-0.2, 0) is 46.5 Å². The molecule has 8 nitrogen and oxygen atoms in total. The molecule has 2 saturated heterocycles. The first-order chi connectivity index (χ1) is 19.7. The smallest absolute Gasteiger partial charge is 0.232 e. The van der Waals surface area contributed by atoms with Crippen LogP contribution in [0.2, 0.25) is 5.02 Å². The number of amides is 2. The Hall–Kier alpha value is -2.12. The van der Waals surface area contributed by atoms with Crippen molar-refractivity contribution in [3.8, 4) is 0 Å². The maximum atomic E-state index is 13.9. The Labute approximate surface area is 269 Å². The Bertz CT molecular complexity index is 1320. The van der Waals surface area contributed by atoms with Gasteiger partial charge >= 0.3 is 0 Å². The molecule has 2 aromatic carbocycles. The molecule has 11 heteroatoms. The summed E-state index contributed by atoms with van der Waals surface area (Å²) in [5.74, 6) is -0.00547. The van der Waals surface area contributed by atoms with Crippen molar-refractivity contribution < 1.29 is 38.4 Å². The van der Waals surface area contributed by atoms with Crippen molar-refractivity contribution >= 4 is 44.8 Å². The van der Waals surface area contributed by atoms with E-state index in [1.165, 1.54) is 6.26 Å². The number of sulfonamides is 1. The standard InChI is InChI=1S/C31H40ClN4O4S.Re/c1-41(39,40)36(23-25-9-10-25)29-8-4-3-7-28(29)33-17-19-35(20-18-33)31(38)26(21-24-11-13-27(32)14-12-24)22-30(37)34-15-5-2-6-16-34;/h2-4,7-8,11-14,25-26H,5-6,9-10,15-23H2,1H3;/q-1;/t26-;/m0./s1. The van der Waals surface area contributed by atoms with E-state index in [2.05, 4.69) is 11.3 Å². The largest absolute Gasteiger partial charge is 0.366 e. The Balaban J connectivity index is 0.00000405. The maximum Gasteiger partial charge on any atom is 0.232 e. The molecule has 2 aromatic rings. The molecule has 1 saturated carbocycles. The molecule has 0 spiro atoms. The molecule has 229 valence electrons. The Morgan fingerprint density at radius 2 is 1.60 bits per heavy atom. The zero-order valence-corrected chi connectivity index (χ0v) is 28.4. The van der Waals surface area contributed by atoms with Gasteiger partial charge in [0, 0.05) is 64.6 Å². The molecule has 1 radical (unpaired) electrons. The summed E-state index contributed by atoms with van der Waals surface area (Å²) in [7, 11) is -3.43. The van der Waals surface area contributed by atoms with E-state index < -0.39 is 15.9 Å². The van der Waals surface area contributed by atoms with Crippen LogP contribution in [0.3, 0.4) is 0 Å². The fourth-order valence-corrected chi connectivity index (χ4v) is 6.93. The Morgan fingerprint density at radius 3 is 2.21 bits per heavy atom. The van der Waals surface area contributed by atoms with Gasteiger partial charge in [0.2, 0.25) is 21.8 Å². The minimum Gasteiger partial charge on any atom is -0.366 e. The third kappa shape index (κ3) is 8.50. The fraction of sp³-hybridized carbons (Fsp3) is 0.516. The van der Waals surface area contributed by atoms with Gasteiger partial charge in [0.05, 0.1) is 23.5 Å². The molecule has 1 atom stereocenters. The van der Waals surface area contributed by atoms with Crippen LogP contribution in [0.1, 0.15) is 37.7 Å². The normalized spacial score (nSPS) is 18.3. The van der Waals surface area contributed by atoms with Crippen molar-refractivity contribution in [2.45, 2.75) is 38.5 Å². The summed E-state index contributed by atoms with van der Waals surface area (Å²) in [6, 6.07) is 15.1. The van der Waals surface area contributed by atoms with Crippen LogP contribution < -0.4 is 9.21 Å². The molecule has 2 heterocycles. The molecule has 0 aromatic heterocycles. The number of hydrogen-bond acceptors (Lipinski definition) is 5. The topological polar surface area (TPSA) is 81.2 Å². The van der Waals surface area contributed by atoms with E-state index in [0.29, 0.717) is 68.9 Å². The fourth-order valence-electron chi connectivity index (χ4n) is 5.81. The van der Waals surface area contributed by atoms with Crippen LogP contribution in [0.4, 0.5) is 11.4 Å². The van der Waals surface area contributed by atoms with Crippen LogP contribution in [0, 0.1) is 18.3 Å². The summed E-state index contributed by atoms with van der Waals surface area (Å²) >= 11 is 6.09. The summed E-state index contributed by atoms with van der Waals surface area (Å²) in [4.78, 5) is 33.0. The van der Waals surface area contributed by atoms with E-state index in [1.807, 2.05) is 58.3 Å². The zero-order valence-electron chi connectivity index (χ0n) is 24.1. The molecule has 3 fully saturated rings. The van der Waals surface area contributed by atoms with E-state index in [9.17, 15) is 18.0 Å². The molecular weight excluding hydrogens is 746 g/mol. The molecule has 42 heavy (non-hydrogen) atoms. The van der Waals surface area contributed by atoms with Crippen LogP contribution in [0.25, 0.3) is 0 Å². The molecular formula is C31H40ClN4O4ReS-.